The maximum atomic E-state index is 9.24. The number of pyridine rings is 1. The van der Waals surface area contributed by atoms with Crippen molar-refractivity contribution in [3.8, 4) is 17.0 Å². The summed E-state index contributed by atoms with van der Waals surface area (Å²) < 4.78 is 0. The van der Waals surface area contributed by atoms with Gasteiger partial charge in [0.15, 0.2) is 0 Å². The minimum absolute atomic E-state index is 0. The van der Waals surface area contributed by atoms with Gasteiger partial charge in [-0.2, -0.15) is 0 Å². The minimum Gasteiger partial charge on any atom is -0.492 e. The van der Waals surface area contributed by atoms with E-state index >= 15 is 0 Å². The van der Waals surface area contributed by atoms with Gasteiger partial charge in [-0.25, -0.2) is 0 Å². The molecule has 0 bridgehead atoms. The average molecular weight is 198 g/mol. The van der Waals surface area contributed by atoms with Crippen LogP contribution in [0.1, 0.15) is 0 Å². The fraction of sp³-hybridized carbons (Fsp3) is 0. The van der Waals surface area contributed by atoms with Gasteiger partial charge in [-0.05, 0) is 17.7 Å². The number of rotatable bonds is 1. The van der Waals surface area contributed by atoms with Crippen molar-refractivity contribution in [2.45, 2.75) is 0 Å². The lowest BCUT2D eigenvalue weighted by Gasteiger charge is -1.94. The van der Waals surface area contributed by atoms with Gasteiger partial charge in [0.05, 0.1) is 5.56 Å². The fourth-order valence-electron chi connectivity index (χ4n) is 1.03. The Labute approximate surface area is 81.1 Å². The Morgan fingerprint density at radius 1 is 1.23 bits per heavy atom. The van der Waals surface area contributed by atoms with Crippen LogP contribution in [-0.4, -0.2) is 20.3 Å². The standard InChI is InChI=1S/C8H7N3O.ClH/c12-8-7(5-10-11-8)6-1-3-9-4-2-6;/h1-5H,(H2,10,11,12);1H. The van der Waals surface area contributed by atoms with Crippen molar-refractivity contribution in [1.82, 2.24) is 15.2 Å². The molecular formula is C8H8ClN3O. The van der Waals surface area contributed by atoms with Crippen molar-refractivity contribution in [3.63, 3.8) is 0 Å². The van der Waals surface area contributed by atoms with E-state index in [9.17, 15) is 5.11 Å². The summed E-state index contributed by atoms with van der Waals surface area (Å²) in [5.74, 6) is 0.0150. The Bertz CT molecular complexity index is 374. The van der Waals surface area contributed by atoms with Crippen LogP contribution < -0.4 is 0 Å². The molecule has 0 aromatic carbocycles. The second kappa shape index (κ2) is 3.91. The number of aromatic amines is 1. The van der Waals surface area contributed by atoms with Gasteiger partial charge >= 0.3 is 0 Å². The smallest absolute Gasteiger partial charge is 0.238 e. The summed E-state index contributed by atoms with van der Waals surface area (Å²) in [7, 11) is 0. The summed E-state index contributed by atoms with van der Waals surface area (Å²) in [5.41, 5.74) is 1.59. The van der Waals surface area contributed by atoms with Gasteiger partial charge in [0.25, 0.3) is 0 Å². The molecule has 0 fully saturated rings. The zero-order chi connectivity index (χ0) is 8.39. The van der Waals surface area contributed by atoms with E-state index in [1.807, 2.05) is 12.1 Å². The highest BCUT2D eigenvalue weighted by molar-refractivity contribution is 5.85. The lowest BCUT2D eigenvalue weighted by Crippen LogP contribution is -1.75. The molecule has 4 nitrogen and oxygen atoms in total. The monoisotopic (exact) mass is 197 g/mol. The molecule has 0 spiro atoms. The molecule has 13 heavy (non-hydrogen) atoms. The SMILES string of the molecule is Cl.Oc1n[nH]cc1-c1ccncc1. The molecule has 2 aromatic rings. The number of H-pyrrole nitrogens is 1. The van der Waals surface area contributed by atoms with Gasteiger partial charge in [-0.1, -0.05) is 0 Å². The number of hydrogen-bond acceptors (Lipinski definition) is 3. The van der Waals surface area contributed by atoms with Crippen molar-refractivity contribution in [1.29, 1.82) is 0 Å². The molecule has 0 amide bonds. The third-order valence-corrected chi connectivity index (χ3v) is 1.61. The van der Waals surface area contributed by atoms with Crippen molar-refractivity contribution in [2.75, 3.05) is 0 Å². The second-order valence-electron chi connectivity index (χ2n) is 2.36. The fourth-order valence-corrected chi connectivity index (χ4v) is 1.03. The Morgan fingerprint density at radius 3 is 2.46 bits per heavy atom. The first-order chi connectivity index (χ1) is 5.88. The number of nitrogens with one attached hydrogen (secondary N) is 1. The molecular weight excluding hydrogens is 190 g/mol. The molecule has 2 N–H and O–H groups in total. The Balaban J connectivity index is 0.000000845. The maximum Gasteiger partial charge on any atom is 0.238 e. The third-order valence-electron chi connectivity index (χ3n) is 1.61. The van der Waals surface area contributed by atoms with E-state index in [-0.39, 0.29) is 18.3 Å². The van der Waals surface area contributed by atoms with Gasteiger partial charge in [-0.3, -0.25) is 10.1 Å². The number of aromatic nitrogens is 3. The second-order valence-corrected chi connectivity index (χ2v) is 2.36. The van der Waals surface area contributed by atoms with Gasteiger partial charge in [0.2, 0.25) is 5.88 Å². The van der Waals surface area contributed by atoms with Crippen LogP contribution in [0.5, 0.6) is 5.88 Å². The van der Waals surface area contributed by atoms with Gasteiger partial charge in [-0.15, -0.1) is 17.5 Å². The normalized spacial score (nSPS) is 9.23. The van der Waals surface area contributed by atoms with E-state index in [4.69, 9.17) is 0 Å². The maximum absolute atomic E-state index is 9.24. The van der Waals surface area contributed by atoms with Crippen LogP contribution in [0.3, 0.4) is 0 Å². The molecule has 0 aliphatic rings. The molecule has 0 unspecified atom stereocenters. The zero-order valence-corrected chi connectivity index (χ0v) is 7.45. The molecule has 2 aromatic heterocycles. The Morgan fingerprint density at radius 2 is 1.92 bits per heavy atom. The van der Waals surface area contributed by atoms with Crippen LogP contribution in [0.4, 0.5) is 0 Å². The van der Waals surface area contributed by atoms with Crippen LogP contribution in [0.25, 0.3) is 11.1 Å². The first-order valence-corrected chi connectivity index (χ1v) is 3.51. The average Bonchev–Trinajstić information content (AvgIpc) is 2.53. The summed E-state index contributed by atoms with van der Waals surface area (Å²) in [6, 6.07) is 3.62. The quantitative estimate of drug-likeness (QED) is 0.730. The summed E-state index contributed by atoms with van der Waals surface area (Å²) in [5, 5.41) is 15.4. The van der Waals surface area contributed by atoms with Gasteiger partial charge < -0.3 is 5.11 Å². The molecule has 0 radical (unpaired) electrons. The lowest BCUT2D eigenvalue weighted by atomic mass is 10.1. The predicted octanol–water partition coefficient (Wildman–Crippen LogP) is 1.60. The lowest BCUT2D eigenvalue weighted by molar-refractivity contribution is 0.454. The number of halogens is 1. The van der Waals surface area contributed by atoms with E-state index < -0.39 is 0 Å². The summed E-state index contributed by atoms with van der Waals surface area (Å²) in [6.07, 6.45) is 4.98. The molecule has 0 saturated heterocycles. The van der Waals surface area contributed by atoms with E-state index in [1.165, 1.54) is 0 Å². The third kappa shape index (κ3) is 1.78. The highest BCUT2D eigenvalue weighted by Gasteiger charge is 2.04. The zero-order valence-electron chi connectivity index (χ0n) is 6.64. The van der Waals surface area contributed by atoms with Crippen molar-refractivity contribution in [3.05, 3.63) is 30.7 Å². The van der Waals surface area contributed by atoms with Gasteiger partial charge in [0, 0.05) is 18.6 Å². The number of hydrogen-bond donors (Lipinski definition) is 2. The van der Waals surface area contributed by atoms with E-state index in [2.05, 4.69) is 15.2 Å². The molecule has 2 rings (SSSR count). The minimum atomic E-state index is 0. The van der Waals surface area contributed by atoms with Crippen molar-refractivity contribution >= 4 is 12.4 Å². The van der Waals surface area contributed by atoms with E-state index in [0.29, 0.717) is 5.56 Å². The van der Waals surface area contributed by atoms with Crippen molar-refractivity contribution < 1.29 is 5.11 Å². The Hall–Kier alpha value is -1.55. The van der Waals surface area contributed by atoms with Crippen molar-refractivity contribution in [2.24, 2.45) is 0 Å². The summed E-state index contributed by atoms with van der Waals surface area (Å²) >= 11 is 0. The highest BCUT2D eigenvalue weighted by Crippen LogP contribution is 2.24. The summed E-state index contributed by atoms with van der Waals surface area (Å²) in [4.78, 5) is 3.87. The molecule has 0 saturated carbocycles. The van der Waals surface area contributed by atoms with E-state index in [1.54, 1.807) is 18.6 Å². The highest BCUT2D eigenvalue weighted by atomic mass is 35.5. The predicted molar refractivity (Wildman–Crippen MR) is 50.7 cm³/mol. The molecule has 0 atom stereocenters. The molecule has 68 valence electrons. The van der Waals surface area contributed by atoms with Crippen LogP contribution in [0.2, 0.25) is 0 Å². The first-order valence-electron chi connectivity index (χ1n) is 3.51. The van der Waals surface area contributed by atoms with Crippen LogP contribution in [-0.2, 0) is 0 Å². The van der Waals surface area contributed by atoms with Crippen LogP contribution in [0, 0.1) is 0 Å². The summed E-state index contributed by atoms with van der Waals surface area (Å²) in [6.45, 7) is 0. The van der Waals surface area contributed by atoms with Crippen LogP contribution >= 0.6 is 12.4 Å². The van der Waals surface area contributed by atoms with Crippen LogP contribution in [0.15, 0.2) is 30.7 Å². The Kier molecular flexibility index (Phi) is 2.87. The van der Waals surface area contributed by atoms with Gasteiger partial charge in [0.1, 0.15) is 0 Å². The number of aromatic hydroxyl groups is 1. The molecule has 0 aliphatic carbocycles. The topological polar surface area (TPSA) is 61.8 Å². The molecule has 2 heterocycles. The molecule has 0 aliphatic heterocycles. The largest absolute Gasteiger partial charge is 0.492 e. The molecule has 5 heteroatoms. The van der Waals surface area contributed by atoms with E-state index in [0.717, 1.165) is 5.56 Å². The number of nitrogens with zero attached hydrogens (tertiary/aromatic N) is 2. The first kappa shape index (κ1) is 9.54.